The highest BCUT2D eigenvalue weighted by atomic mass is 16.2. The minimum atomic E-state index is 0.201. The maximum atomic E-state index is 12.8. The number of nitrogens with one attached hydrogen (secondary N) is 1. The fraction of sp³-hybridized carbons (Fsp3) is 0.941. The summed E-state index contributed by atoms with van der Waals surface area (Å²) < 4.78 is 0. The van der Waals surface area contributed by atoms with Crippen molar-refractivity contribution in [3.8, 4) is 0 Å². The predicted molar refractivity (Wildman–Crippen MR) is 83.6 cm³/mol. The van der Waals surface area contributed by atoms with Gasteiger partial charge in [-0.25, -0.2) is 0 Å². The molecule has 2 fully saturated rings. The van der Waals surface area contributed by atoms with E-state index in [0.29, 0.717) is 11.9 Å². The van der Waals surface area contributed by atoms with Crippen LogP contribution >= 0.6 is 0 Å². The number of nitrogens with zero attached hydrogens (tertiary/aromatic N) is 1. The number of likely N-dealkylation sites (tertiary alicyclic amines) is 1. The van der Waals surface area contributed by atoms with Gasteiger partial charge in [0, 0.05) is 25.0 Å². The highest BCUT2D eigenvalue weighted by Gasteiger charge is 2.39. The molecule has 1 heterocycles. The molecular formula is C17H32N2O. The number of hydrogen-bond acceptors (Lipinski definition) is 2. The van der Waals surface area contributed by atoms with Crippen LogP contribution < -0.4 is 5.32 Å². The van der Waals surface area contributed by atoms with Crippen LogP contribution in [0.4, 0.5) is 0 Å². The average molecular weight is 280 g/mol. The van der Waals surface area contributed by atoms with E-state index >= 15 is 0 Å². The van der Waals surface area contributed by atoms with Crippen molar-refractivity contribution in [3.63, 3.8) is 0 Å². The first-order chi connectivity index (χ1) is 9.54. The average Bonchev–Trinajstić information content (AvgIpc) is 2.44. The van der Waals surface area contributed by atoms with Crippen molar-refractivity contribution < 1.29 is 4.79 Å². The zero-order chi connectivity index (χ0) is 14.6. The van der Waals surface area contributed by atoms with Crippen LogP contribution in [0, 0.1) is 11.3 Å². The second-order valence-electron chi connectivity index (χ2n) is 7.34. The van der Waals surface area contributed by atoms with Gasteiger partial charge in [-0.1, -0.05) is 33.6 Å². The summed E-state index contributed by atoms with van der Waals surface area (Å²) in [4.78, 5) is 14.9. The Balaban J connectivity index is 1.85. The number of piperidine rings is 1. The van der Waals surface area contributed by atoms with Crippen molar-refractivity contribution >= 4 is 5.91 Å². The van der Waals surface area contributed by atoms with Crippen LogP contribution in [0.3, 0.4) is 0 Å². The Morgan fingerprint density at radius 2 is 1.90 bits per heavy atom. The molecule has 0 aromatic carbocycles. The molecule has 1 unspecified atom stereocenters. The predicted octanol–water partition coefficient (Wildman–Crippen LogP) is 3.19. The van der Waals surface area contributed by atoms with Gasteiger partial charge in [0.15, 0.2) is 0 Å². The summed E-state index contributed by atoms with van der Waals surface area (Å²) in [6.45, 7) is 9.78. The lowest BCUT2D eigenvalue weighted by Crippen LogP contribution is -2.49. The molecule has 1 amide bonds. The van der Waals surface area contributed by atoms with Gasteiger partial charge in [0.1, 0.15) is 0 Å². The Hall–Kier alpha value is -0.570. The third-order valence-corrected chi connectivity index (χ3v) is 5.29. The van der Waals surface area contributed by atoms with Gasteiger partial charge in [0.2, 0.25) is 5.91 Å². The molecule has 0 aromatic rings. The summed E-state index contributed by atoms with van der Waals surface area (Å²) in [6.07, 6.45) is 8.26. The maximum absolute atomic E-state index is 12.8. The molecule has 3 nitrogen and oxygen atoms in total. The summed E-state index contributed by atoms with van der Waals surface area (Å²) in [5, 5.41) is 3.59. The van der Waals surface area contributed by atoms with E-state index in [1.54, 1.807) is 0 Å². The molecule has 1 saturated heterocycles. The van der Waals surface area contributed by atoms with E-state index in [4.69, 9.17) is 0 Å². The lowest BCUT2D eigenvalue weighted by atomic mass is 9.68. The molecule has 20 heavy (non-hydrogen) atoms. The molecule has 0 aromatic heterocycles. The Labute approximate surface area is 124 Å². The van der Waals surface area contributed by atoms with Crippen LogP contribution in [-0.2, 0) is 4.79 Å². The number of rotatable bonds is 4. The van der Waals surface area contributed by atoms with Gasteiger partial charge >= 0.3 is 0 Å². The van der Waals surface area contributed by atoms with E-state index in [1.807, 2.05) is 0 Å². The van der Waals surface area contributed by atoms with Gasteiger partial charge < -0.3 is 10.2 Å². The zero-order valence-electron chi connectivity index (χ0n) is 13.6. The first kappa shape index (κ1) is 15.8. The van der Waals surface area contributed by atoms with Crippen molar-refractivity contribution in [1.82, 2.24) is 10.2 Å². The van der Waals surface area contributed by atoms with Gasteiger partial charge in [0.05, 0.1) is 0 Å². The molecule has 116 valence electrons. The summed E-state index contributed by atoms with van der Waals surface area (Å²) in [5.41, 5.74) is 0.201. The van der Waals surface area contributed by atoms with E-state index in [9.17, 15) is 4.79 Å². The highest BCUT2D eigenvalue weighted by Crippen LogP contribution is 2.41. The molecule has 0 radical (unpaired) electrons. The molecule has 1 N–H and O–H groups in total. The van der Waals surface area contributed by atoms with E-state index in [0.717, 1.165) is 38.9 Å². The van der Waals surface area contributed by atoms with Gasteiger partial charge in [-0.2, -0.15) is 0 Å². The van der Waals surface area contributed by atoms with Crippen molar-refractivity contribution in [2.24, 2.45) is 11.3 Å². The van der Waals surface area contributed by atoms with E-state index in [2.05, 4.69) is 31.0 Å². The normalized spacial score (nSPS) is 27.6. The van der Waals surface area contributed by atoms with Crippen molar-refractivity contribution in [2.45, 2.75) is 71.8 Å². The van der Waals surface area contributed by atoms with Crippen LogP contribution in [0.15, 0.2) is 0 Å². The SMILES string of the molecule is CCCNC1CCN(C(=O)C2CCCCC2(C)C)CC1. The Bertz CT molecular complexity index is 319. The minimum absolute atomic E-state index is 0.201. The summed E-state index contributed by atoms with van der Waals surface area (Å²) in [7, 11) is 0. The highest BCUT2D eigenvalue weighted by molar-refractivity contribution is 5.79. The van der Waals surface area contributed by atoms with Crippen molar-refractivity contribution in [2.75, 3.05) is 19.6 Å². The fourth-order valence-corrected chi connectivity index (χ4v) is 3.82. The standard InChI is InChI=1S/C17H32N2O/c1-4-11-18-14-8-12-19(13-9-14)16(20)15-7-5-6-10-17(15,2)3/h14-15,18H,4-13H2,1-3H3. The number of amides is 1. The van der Waals surface area contributed by atoms with Gasteiger partial charge in [-0.3, -0.25) is 4.79 Å². The molecule has 1 saturated carbocycles. The molecule has 1 aliphatic carbocycles. The lowest BCUT2D eigenvalue weighted by Gasteiger charge is -2.42. The van der Waals surface area contributed by atoms with Crippen LogP contribution in [0.1, 0.15) is 65.7 Å². The zero-order valence-corrected chi connectivity index (χ0v) is 13.6. The molecular weight excluding hydrogens is 248 g/mol. The first-order valence-corrected chi connectivity index (χ1v) is 8.57. The molecule has 2 rings (SSSR count). The molecule has 1 aliphatic heterocycles. The quantitative estimate of drug-likeness (QED) is 0.857. The summed E-state index contributed by atoms with van der Waals surface area (Å²) in [5.74, 6) is 0.694. The lowest BCUT2D eigenvalue weighted by molar-refractivity contribution is -0.142. The molecule has 0 bridgehead atoms. The van der Waals surface area contributed by atoms with Gasteiger partial charge in [-0.05, 0) is 44.1 Å². The van der Waals surface area contributed by atoms with Crippen LogP contribution in [-0.4, -0.2) is 36.5 Å². The Kier molecular flexibility index (Phi) is 5.48. The maximum Gasteiger partial charge on any atom is 0.226 e. The largest absolute Gasteiger partial charge is 0.342 e. The Morgan fingerprint density at radius 1 is 1.20 bits per heavy atom. The monoisotopic (exact) mass is 280 g/mol. The number of carbonyl (C=O) groups is 1. The van der Waals surface area contributed by atoms with E-state index in [1.165, 1.54) is 25.7 Å². The second-order valence-corrected chi connectivity index (χ2v) is 7.34. The van der Waals surface area contributed by atoms with E-state index < -0.39 is 0 Å². The third kappa shape index (κ3) is 3.75. The smallest absolute Gasteiger partial charge is 0.226 e. The number of carbonyl (C=O) groups excluding carboxylic acids is 1. The second kappa shape index (κ2) is 6.93. The van der Waals surface area contributed by atoms with Crippen LogP contribution in [0.5, 0.6) is 0 Å². The minimum Gasteiger partial charge on any atom is -0.342 e. The van der Waals surface area contributed by atoms with E-state index in [-0.39, 0.29) is 11.3 Å². The third-order valence-electron chi connectivity index (χ3n) is 5.29. The molecule has 3 heteroatoms. The molecule has 0 spiro atoms. The number of hydrogen-bond donors (Lipinski definition) is 1. The summed E-state index contributed by atoms with van der Waals surface area (Å²) in [6, 6.07) is 0.623. The topological polar surface area (TPSA) is 32.3 Å². The fourth-order valence-electron chi connectivity index (χ4n) is 3.82. The van der Waals surface area contributed by atoms with Gasteiger partial charge in [-0.15, -0.1) is 0 Å². The first-order valence-electron chi connectivity index (χ1n) is 8.57. The molecule has 2 aliphatic rings. The van der Waals surface area contributed by atoms with Crippen molar-refractivity contribution in [1.29, 1.82) is 0 Å². The van der Waals surface area contributed by atoms with Crippen LogP contribution in [0.25, 0.3) is 0 Å². The van der Waals surface area contributed by atoms with Crippen LogP contribution in [0.2, 0.25) is 0 Å². The van der Waals surface area contributed by atoms with Gasteiger partial charge in [0.25, 0.3) is 0 Å². The summed E-state index contributed by atoms with van der Waals surface area (Å²) >= 11 is 0. The Morgan fingerprint density at radius 3 is 2.50 bits per heavy atom. The van der Waals surface area contributed by atoms with Crippen molar-refractivity contribution in [3.05, 3.63) is 0 Å². The molecule has 1 atom stereocenters.